The van der Waals surface area contributed by atoms with Crippen molar-refractivity contribution >= 4 is 17.9 Å². The number of ether oxygens (including phenoxy) is 1. The highest BCUT2D eigenvalue weighted by Gasteiger charge is 2.43. The second-order valence-electron chi connectivity index (χ2n) is 10.9. The van der Waals surface area contributed by atoms with Crippen LogP contribution >= 0.6 is 0 Å². The van der Waals surface area contributed by atoms with E-state index in [2.05, 4.69) is 4.98 Å². The minimum atomic E-state index is -4.56. The lowest BCUT2D eigenvalue weighted by atomic mass is 9.93. The van der Waals surface area contributed by atoms with E-state index in [-0.39, 0.29) is 49.4 Å². The standard InChI is InChI=1S/C31H29F5N4O4/c1-38(30(43)44-24-9-7-23(33)8-10-24)27-18-40(17-25(27)19-2-5-22(32)6-3-19)28(41)20-12-14-39(15-13-20)29(42)26-11-4-21(16-37-26)31(34,35)36/h2-11,16,20,25,27H,12-15,17-18H2,1H3/t25-,27+/m0/s1. The van der Waals surface area contributed by atoms with Crippen molar-refractivity contribution in [1.82, 2.24) is 19.7 Å². The maximum absolute atomic E-state index is 13.7. The number of halogens is 5. The highest BCUT2D eigenvalue weighted by molar-refractivity contribution is 5.92. The van der Waals surface area contributed by atoms with Crippen LogP contribution < -0.4 is 4.74 Å². The number of carbonyl (C=O) groups excluding carboxylic acids is 3. The Morgan fingerprint density at radius 2 is 1.48 bits per heavy atom. The van der Waals surface area contributed by atoms with E-state index < -0.39 is 47.3 Å². The molecular formula is C31H29F5N4O4. The summed E-state index contributed by atoms with van der Waals surface area (Å²) < 4.78 is 70.9. The van der Waals surface area contributed by atoms with Crippen molar-refractivity contribution in [2.24, 2.45) is 5.92 Å². The SMILES string of the molecule is CN(C(=O)Oc1ccc(F)cc1)[C@@H]1CN(C(=O)C2CCN(C(=O)c3ccc(C(F)(F)F)cn3)CC2)C[C@H]1c1ccc(F)cc1. The van der Waals surface area contributed by atoms with E-state index >= 15 is 0 Å². The summed E-state index contributed by atoms with van der Waals surface area (Å²) in [7, 11) is 1.54. The van der Waals surface area contributed by atoms with Crippen LogP contribution in [0.1, 0.15) is 40.4 Å². The van der Waals surface area contributed by atoms with Crippen molar-refractivity contribution in [3.63, 3.8) is 0 Å². The smallest absolute Gasteiger partial charge is 0.410 e. The van der Waals surface area contributed by atoms with E-state index in [0.717, 1.165) is 17.7 Å². The van der Waals surface area contributed by atoms with E-state index in [1.807, 2.05) is 0 Å². The Morgan fingerprint density at radius 1 is 0.864 bits per heavy atom. The third-order valence-electron chi connectivity index (χ3n) is 8.14. The highest BCUT2D eigenvalue weighted by Crippen LogP contribution is 2.34. The Balaban J connectivity index is 1.24. The normalized spacial score (nSPS) is 19.1. The Kier molecular flexibility index (Phi) is 8.84. The van der Waals surface area contributed by atoms with E-state index in [1.54, 1.807) is 24.1 Å². The number of benzene rings is 2. The summed E-state index contributed by atoms with van der Waals surface area (Å²) >= 11 is 0. The van der Waals surface area contributed by atoms with Gasteiger partial charge in [-0.05, 0) is 66.9 Å². The second kappa shape index (κ2) is 12.6. The monoisotopic (exact) mass is 616 g/mol. The van der Waals surface area contributed by atoms with Crippen molar-refractivity contribution in [3.05, 3.63) is 95.3 Å². The van der Waals surface area contributed by atoms with Crippen LogP contribution in [0.15, 0.2) is 66.9 Å². The van der Waals surface area contributed by atoms with Crippen LogP contribution in [0.3, 0.4) is 0 Å². The molecule has 0 radical (unpaired) electrons. The molecule has 3 aromatic rings. The molecule has 44 heavy (non-hydrogen) atoms. The number of likely N-dealkylation sites (tertiary alicyclic amines) is 2. The first-order valence-corrected chi connectivity index (χ1v) is 14.0. The zero-order chi connectivity index (χ0) is 31.6. The fraction of sp³-hybridized carbons (Fsp3) is 0.355. The molecule has 13 heteroatoms. The van der Waals surface area contributed by atoms with Gasteiger partial charge in [-0.1, -0.05) is 12.1 Å². The minimum absolute atomic E-state index is 0.108. The summed E-state index contributed by atoms with van der Waals surface area (Å²) in [6, 6.07) is 12.2. The van der Waals surface area contributed by atoms with Gasteiger partial charge in [0.25, 0.3) is 5.91 Å². The predicted molar refractivity (Wildman–Crippen MR) is 148 cm³/mol. The van der Waals surface area contributed by atoms with Crippen LogP contribution in [0.25, 0.3) is 0 Å². The molecular weight excluding hydrogens is 587 g/mol. The van der Waals surface area contributed by atoms with E-state index in [4.69, 9.17) is 4.74 Å². The molecule has 1 aromatic heterocycles. The Bertz CT molecular complexity index is 1490. The van der Waals surface area contributed by atoms with Crippen molar-refractivity contribution in [2.75, 3.05) is 33.2 Å². The van der Waals surface area contributed by atoms with Gasteiger partial charge in [0.1, 0.15) is 23.1 Å². The lowest BCUT2D eigenvalue weighted by molar-refractivity contribution is -0.138. The van der Waals surface area contributed by atoms with Crippen molar-refractivity contribution in [1.29, 1.82) is 0 Å². The summed E-state index contributed by atoms with van der Waals surface area (Å²) in [6.45, 7) is 0.892. The zero-order valence-electron chi connectivity index (χ0n) is 23.6. The molecule has 0 unspecified atom stereocenters. The molecule has 2 atom stereocenters. The lowest BCUT2D eigenvalue weighted by Crippen LogP contribution is -2.46. The molecule has 2 aliphatic heterocycles. The first kappa shape index (κ1) is 30.9. The fourth-order valence-corrected chi connectivity index (χ4v) is 5.65. The maximum atomic E-state index is 13.7. The molecule has 8 nitrogen and oxygen atoms in total. The van der Waals surface area contributed by atoms with Crippen LogP contribution in [0.4, 0.5) is 26.7 Å². The number of aromatic nitrogens is 1. The molecule has 2 saturated heterocycles. The van der Waals surface area contributed by atoms with Gasteiger partial charge in [-0.15, -0.1) is 0 Å². The Labute approximate surface area is 250 Å². The first-order chi connectivity index (χ1) is 20.9. The molecule has 2 fully saturated rings. The number of hydrogen-bond acceptors (Lipinski definition) is 5. The van der Waals surface area contributed by atoms with Gasteiger partial charge in [-0.25, -0.2) is 13.6 Å². The topological polar surface area (TPSA) is 83.0 Å². The summed E-state index contributed by atoms with van der Waals surface area (Å²) in [4.78, 5) is 47.7. The van der Waals surface area contributed by atoms with Crippen molar-refractivity contribution in [2.45, 2.75) is 31.0 Å². The van der Waals surface area contributed by atoms with Gasteiger partial charge in [-0.3, -0.25) is 14.6 Å². The van der Waals surface area contributed by atoms with Crippen molar-refractivity contribution < 1.29 is 41.1 Å². The number of piperidine rings is 1. The fourth-order valence-electron chi connectivity index (χ4n) is 5.65. The third kappa shape index (κ3) is 6.81. The number of carbonyl (C=O) groups is 3. The van der Waals surface area contributed by atoms with Crippen LogP contribution in [-0.2, 0) is 11.0 Å². The molecule has 0 bridgehead atoms. The van der Waals surface area contributed by atoms with Crippen LogP contribution in [0.2, 0.25) is 0 Å². The number of amides is 3. The highest BCUT2D eigenvalue weighted by atomic mass is 19.4. The molecule has 0 N–H and O–H groups in total. The quantitative estimate of drug-likeness (QED) is 0.361. The van der Waals surface area contributed by atoms with Crippen LogP contribution in [0, 0.1) is 17.6 Å². The second-order valence-corrected chi connectivity index (χ2v) is 10.9. The average molecular weight is 617 g/mol. The van der Waals surface area contributed by atoms with Gasteiger partial charge in [0.15, 0.2) is 0 Å². The number of pyridine rings is 1. The number of rotatable bonds is 5. The molecule has 0 aliphatic carbocycles. The molecule has 232 valence electrons. The molecule has 3 amide bonds. The predicted octanol–water partition coefficient (Wildman–Crippen LogP) is 5.36. The third-order valence-corrected chi connectivity index (χ3v) is 8.14. The minimum Gasteiger partial charge on any atom is -0.410 e. The molecule has 5 rings (SSSR count). The van der Waals surface area contributed by atoms with Gasteiger partial charge in [-0.2, -0.15) is 13.2 Å². The van der Waals surface area contributed by atoms with Crippen LogP contribution in [0.5, 0.6) is 5.75 Å². The Hall–Kier alpha value is -4.55. The van der Waals surface area contributed by atoms with Gasteiger partial charge >= 0.3 is 12.3 Å². The lowest BCUT2D eigenvalue weighted by Gasteiger charge is -2.33. The summed E-state index contributed by atoms with van der Waals surface area (Å²) in [5.41, 5.74) is -0.323. The van der Waals surface area contributed by atoms with Gasteiger partial charge < -0.3 is 19.4 Å². The zero-order valence-corrected chi connectivity index (χ0v) is 23.6. The molecule has 2 aliphatic rings. The largest absolute Gasteiger partial charge is 0.417 e. The average Bonchev–Trinajstić information content (AvgIpc) is 3.46. The molecule has 0 spiro atoms. The summed E-state index contributed by atoms with van der Waals surface area (Å²) in [5.74, 6) is -2.18. The van der Waals surface area contributed by atoms with Gasteiger partial charge in [0.05, 0.1) is 11.6 Å². The van der Waals surface area contributed by atoms with Crippen LogP contribution in [-0.4, -0.2) is 76.9 Å². The van der Waals surface area contributed by atoms with E-state index in [9.17, 15) is 36.3 Å². The van der Waals surface area contributed by atoms with E-state index in [1.165, 1.54) is 46.2 Å². The molecule has 2 aromatic carbocycles. The number of nitrogens with zero attached hydrogens (tertiary/aromatic N) is 4. The Morgan fingerprint density at radius 3 is 2.05 bits per heavy atom. The van der Waals surface area contributed by atoms with Crippen molar-refractivity contribution in [3.8, 4) is 5.75 Å². The summed E-state index contributed by atoms with van der Waals surface area (Å²) in [5, 5.41) is 0. The summed E-state index contributed by atoms with van der Waals surface area (Å²) in [6.07, 6.45) is -3.95. The molecule has 3 heterocycles. The number of alkyl halides is 3. The van der Waals surface area contributed by atoms with Gasteiger partial charge in [0.2, 0.25) is 5.91 Å². The maximum Gasteiger partial charge on any atom is 0.417 e. The van der Waals surface area contributed by atoms with E-state index in [0.29, 0.717) is 19.0 Å². The number of hydrogen-bond donors (Lipinski definition) is 0. The first-order valence-electron chi connectivity index (χ1n) is 14.0. The number of likely N-dealkylation sites (N-methyl/N-ethyl adjacent to an activating group) is 1. The molecule has 0 saturated carbocycles. The van der Waals surface area contributed by atoms with Gasteiger partial charge in [0, 0.05) is 51.3 Å².